The molecule has 2 heterocycles. The summed E-state index contributed by atoms with van der Waals surface area (Å²) in [4.78, 5) is 26.2. The minimum Gasteiger partial charge on any atom is -0.462 e. The highest BCUT2D eigenvalue weighted by molar-refractivity contribution is 6.31. The van der Waals surface area contributed by atoms with Crippen molar-refractivity contribution in [2.75, 3.05) is 30.3 Å². The molecule has 0 aliphatic heterocycles. The van der Waals surface area contributed by atoms with Crippen LogP contribution in [-0.2, 0) is 4.74 Å². The van der Waals surface area contributed by atoms with Crippen molar-refractivity contribution in [1.29, 1.82) is 0 Å². The van der Waals surface area contributed by atoms with E-state index < -0.39 is 5.97 Å². The molecular formula is C30H34ClN5O2. The Morgan fingerprint density at radius 2 is 1.66 bits per heavy atom. The number of rotatable bonds is 13. The van der Waals surface area contributed by atoms with Crippen LogP contribution in [0.4, 0.5) is 11.6 Å². The molecule has 0 aliphatic rings. The highest BCUT2D eigenvalue weighted by atomic mass is 35.5. The number of hydrogen-bond acceptors (Lipinski definition) is 7. The predicted octanol–water partition coefficient (Wildman–Crippen LogP) is 7.30. The number of anilines is 2. The van der Waals surface area contributed by atoms with Crippen molar-refractivity contribution in [1.82, 2.24) is 15.0 Å². The van der Waals surface area contributed by atoms with Gasteiger partial charge in [0, 0.05) is 40.9 Å². The van der Waals surface area contributed by atoms with E-state index in [1.165, 1.54) is 0 Å². The van der Waals surface area contributed by atoms with E-state index in [0.29, 0.717) is 34.5 Å². The van der Waals surface area contributed by atoms with Gasteiger partial charge < -0.3 is 15.4 Å². The number of nitrogens with one attached hydrogen (secondary N) is 2. The Kier molecular flexibility index (Phi) is 9.87. The summed E-state index contributed by atoms with van der Waals surface area (Å²) >= 11 is 6.08. The van der Waals surface area contributed by atoms with Crippen LogP contribution in [0.1, 0.15) is 55.1 Å². The van der Waals surface area contributed by atoms with Crippen LogP contribution in [0.3, 0.4) is 0 Å². The molecular weight excluding hydrogens is 498 g/mol. The molecule has 0 radical (unpaired) electrons. The molecule has 2 aromatic heterocycles. The zero-order chi connectivity index (χ0) is 26.7. The monoisotopic (exact) mass is 531 g/mol. The predicted molar refractivity (Wildman–Crippen MR) is 155 cm³/mol. The highest BCUT2D eigenvalue weighted by Crippen LogP contribution is 2.26. The van der Waals surface area contributed by atoms with Gasteiger partial charge in [0.2, 0.25) is 5.95 Å². The van der Waals surface area contributed by atoms with Crippen LogP contribution < -0.4 is 10.6 Å². The van der Waals surface area contributed by atoms with Gasteiger partial charge in [-0.05, 0) is 51.0 Å². The number of fused-ring (bicyclic) bond motifs is 1. The number of aryl methyl sites for hydroxylation is 1. The normalized spacial score (nSPS) is 10.9. The lowest BCUT2D eigenvalue weighted by molar-refractivity contribution is 0.0525. The molecule has 2 aromatic carbocycles. The van der Waals surface area contributed by atoms with E-state index in [9.17, 15) is 4.79 Å². The Morgan fingerprint density at radius 1 is 0.921 bits per heavy atom. The zero-order valence-corrected chi connectivity index (χ0v) is 22.7. The number of carbonyl (C=O) groups excluding carboxylic acids is 1. The van der Waals surface area contributed by atoms with Gasteiger partial charge in [0.25, 0.3) is 0 Å². The molecule has 0 aliphatic carbocycles. The number of esters is 1. The van der Waals surface area contributed by atoms with E-state index in [4.69, 9.17) is 16.3 Å². The smallest absolute Gasteiger partial charge is 0.342 e. The number of unbranched alkanes of at least 4 members (excludes halogenated alkanes) is 4. The maximum absolute atomic E-state index is 12.6. The van der Waals surface area contributed by atoms with Gasteiger partial charge in [-0.1, -0.05) is 61.2 Å². The summed E-state index contributed by atoms with van der Waals surface area (Å²) in [5.41, 5.74) is 4.48. The summed E-state index contributed by atoms with van der Waals surface area (Å²) in [6.07, 6.45) is 7.37. The van der Waals surface area contributed by atoms with Crippen molar-refractivity contribution in [3.63, 3.8) is 0 Å². The molecule has 0 saturated carbocycles. The summed E-state index contributed by atoms with van der Waals surface area (Å²) in [7, 11) is 0. The quantitative estimate of drug-likeness (QED) is 0.138. The Morgan fingerprint density at radius 3 is 2.42 bits per heavy atom. The average molecular weight is 532 g/mol. The molecule has 0 amide bonds. The maximum atomic E-state index is 12.6. The van der Waals surface area contributed by atoms with Crippen molar-refractivity contribution < 1.29 is 9.53 Å². The zero-order valence-electron chi connectivity index (χ0n) is 22.0. The van der Waals surface area contributed by atoms with E-state index in [1.807, 2.05) is 67.7 Å². The molecule has 0 saturated heterocycles. The van der Waals surface area contributed by atoms with Gasteiger partial charge in [-0.2, -0.15) is 0 Å². The Bertz CT molecular complexity index is 1360. The molecule has 0 spiro atoms. The topological polar surface area (TPSA) is 89.0 Å². The fraction of sp³-hybridized carbons (Fsp3) is 0.333. The first-order chi connectivity index (χ1) is 18.6. The van der Waals surface area contributed by atoms with Gasteiger partial charge >= 0.3 is 5.97 Å². The van der Waals surface area contributed by atoms with Gasteiger partial charge in [-0.15, -0.1) is 0 Å². The fourth-order valence-electron chi connectivity index (χ4n) is 4.38. The molecule has 38 heavy (non-hydrogen) atoms. The van der Waals surface area contributed by atoms with Gasteiger partial charge in [-0.25, -0.2) is 14.8 Å². The molecule has 198 valence electrons. The van der Waals surface area contributed by atoms with Gasteiger partial charge in [0.05, 0.1) is 23.5 Å². The average Bonchev–Trinajstić information content (AvgIpc) is 2.92. The molecule has 0 atom stereocenters. The molecule has 7 nitrogen and oxygen atoms in total. The lowest BCUT2D eigenvalue weighted by Crippen LogP contribution is -2.14. The lowest BCUT2D eigenvalue weighted by atomic mass is 10.0. The number of pyridine rings is 1. The number of nitrogens with zero attached hydrogens (tertiary/aromatic N) is 3. The van der Waals surface area contributed by atoms with Crippen LogP contribution >= 0.6 is 11.6 Å². The number of halogens is 1. The molecule has 0 fully saturated rings. The summed E-state index contributed by atoms with van der Waals surface area (Å²) in [6, 6.07) is 17.5. The van der Waals surface area contributed by atoms with Gasteiger partial charge in [0.1, 0.15) is 5.56 Å². The SMILES string of the molecule is CCOC(=O)c1c(C)nc(NCCCCCCCNc2ccnc3cc(Cl)ccc23)nc1-c1ccccc1. The van der Waals surface area contributed by atoms with E-state index in [1.54, 1.807) is 6.92 Å². The molecule has 8 heteroatoms. The third-order valence-electron chi connectivity index (χ3n) is 6.27. The van der Waals surface area contributed by atoms with E-state index in [0.717, 1.165) is 67.3 Å². The minimum atomic E-state index is -0.397. The second kappa shape index (κ2) is 13.7. The maximum Gasteiger partial charge on any atom is 0.342 e. The van der Waals surface area contributed by atoms with Gasteiger partial charge in [0.15, 0.2) is 0 Å². The van der Waals surface area contributed by atoms with Crippen LogP contribution in [0.5, 0.6) is 0 Å². The Balaban J connectivity index is 1.22. The number of hydrogen-bond donors (Lipinski definition) is 2. The molecule has 0 unspecified atom stereocenters. The van der Waals surface area contributed by atoms with Crippen molar-refractivity contribution in [3.8, 4) is 11.3 Å². The van der Waals surface area contributed by atoms with Crippen LogP contribution in [0.25, 0.3) is 22.2 Å². The molecule has 4 aromatic rings. The summed E-state index contributed by atoms with van der Waals surface area (Å²) in [5.74, 6) is 0.135. The second-order valence-electron chi connectivity index (χ2n) is 9.08. The van der Waals surface area contributed by atoms with Crippen LogP contribution in [0.2, 0.25) is 5.02 Å². The number of aromatic nitrogens is 3. The molecule has 2 N–H and O–H groups in total. The van der Waals surface area contributed by atoms with Crippen LogP contribution in [0.15, 0.2) is 60.8 Å². The Hall–Kier alpha value is -3.71. The van der Waals surface area contributed by atoms with Crippen molar-refractivity contribution in [2.24, 2.45) is 0 Å². The van der Waals surface area contributed by atoms with Crippen molar-refractivity contribution in [2.45, 2.75) is 46.0 Å². The largest absolute Gasteiger partial charge is 0.462 e. The van der Waals surface area contributed by atoms with Crippen LogP contribution in [0, 0.1) is 6.92 Å². The first-order valence-electron chi connectivity index (χ1n) is 13.2. The standard InChI is InChI=1S/C30H34ClN5O2/c1-3-38-29(37)27-21(2)35-30(36-28(27)22-12-8-7-9-13-22)34-18-11-6-4-5-10-17-32-25-16-19-33-26-20-23(31)14-15-24(25)26/h7-9,12-16,19-20H,3-6,10-11,17-18H2,1-2H3,(H,32,33)(H,34,35,36). The van der Waals surface area contributed by atoms with E-state index in [-0.39, 0.29) is 0 Å². The summed E-state index contributed by atoms with van der Waals surface area (Å²) < 4.78 is 5.26. The third kappa shape index (κ3) is 7.19. The summed E-state index contributed by atoms with van der Waals surface area (Å²) in [6.45, 7) is 5.61. The fourth-order valence-corrected chi connectivity index (χ4v) is 4.55. The Labute approximate surface area is 229 Å². The van der Waals surface area contributed by atoms with E-state index in [2.05, 4.69) is 25.6 Å². The molecule has 0 bridgehead atoms. The van der Waals surface area contributed by atoms with Crippen molar-refractivity contribution in [3.05, 3.63) is 77.1 Å². The molecule has 4 rings (SSSR count). The summed E-state index contributed by atoms with van der Waals surface area (Å²) in [5, 5.41) is 8.65. The first-order valence-corrected chi connectivity index (χ1v) is 13.6. The highest BCUT2D eigenvalue weighted by Gasteiger charge is 2.21. The van der Waals surface area contributed by atoms with Crippen molar-refractivity contribution >= 4 is 40.1 Å². The number of carbonyl (C=O) groups is 1. The number of ether oxygens (including phenoxy) is 1. The minimum absolute atomic E-state index is 0.304. The van der Waals surface area contributed by atoms with Crippen LogP contribution in [-0.4, -0.2) is 40.6 Å². The first kappa shape index (κ1) is 27.3. The lowest BCUT2D eigenvalue weighted by Gasteiger charge is -2.13. The van der Waals surface area contributed by atoms with E-state index >= 15 is 0 Å². The second-order valence-corrected chi connectivity index (χ2v) is 9.52. The third-order valence-corrected chi connectivity index (χ3v) is 6.51. The van der Waals surface area contributed by atoms with Gasteiger partial charge in [-0.3, -0.25) is 4.98 Å². The number of benzene rings is 2.